The van der Waals surface area contributed by atoms with E-state index in [-0.39, 0.29) is 5.91 Å². The molecule has 1 N–H and O–H groups in total. The number of carbonyl (C=O) groups excluding carboxylic acids is 1. The molecule has 5 nitrogen and oxygen atoms in total. The largest absolute Gasteiger partial charge is 0.352 e. The smallest absolute Gasteiger partial charge is 0.256 e. The van der Waals surface area contributed by atoms with Crippen LogP contribution in [-0.2, 0) is 12.8 Å². The maximum atomic E-state index is 12.6. The molecule has 0 saturated heterocycles. The lowest BCUT2D eigenvalue weighted by Gasteiger charge is -2.21. The quantitative estimate of drug-likeness (QED) is 0.868. The Labute approximate surface area is 148 Å². The first-order valence-electron chi connectivity index (χ1n) is 9.53. The van der Waals surface area contributed by atoms with Crippen molar-refractivity contribution in [1.29, 1.82) is 0 Å². The molecule has 0 radical (unpaired) electrons. The number of hydrogen-bond acceptors (Lipinski definition) is 3. The summed E-state index contributed by atoms with van der Waals surface area (Å²) in [6.45, 7) is 2.96. The van der Waals surface area contributed by atoms with E-state index in [1.807, 2.05) is 10.7 Å². The van der Waals surface area contributed by atoms with Crippen molar-refractivity contribution in [3.05, 3.63) is 40.9 Å². The molecule has 0 aliphatic heterocycles. The molecule has 1 amide bonds. The van der Waals surface area contributed by atoms with Crippen LogP contribution >= 0.6 is 0 Å². The van der Waals surface area contributed by atoms with Crippen molar-refractivity contribution in [2.24, 2.45) is 5.92 Å². The number of aryl methyl sites for hydroxylation is 1. The summed E-state index contributed by atoms with van der Waals surface area (Å²) in [5, 5.41) is 7.50. The third kappa shape index (κ3) is 3.32. The number of nitrogens with zero attached hydrogens (tertiary/aromatic N) is 3. The summed E-state index contributed by atoms with van der Waals surface area (Å²) >= 11 is 0. The van der Waals surface area contributed by atoms with Gasteiger partial charge in [0.1, 0.15) is 5.56 Å². The maximum Gasteiger partial charge on any atom is 0.256 e. The van der Waals surface area contributed by atoms with E-state index in [1.165, 1.54) is 48.9 Å². The van der Waals surface area contributed by atoms with Gasteiger partial charge in [0.05, 0.1) is 6.20 Å². The van der Waals surface area contributed by atoms with Gasteiger partial charge in [0.25, 0.3) is 5.91 Å². The van der Waals surface area contributed by atoms with E-state index in [0.717, 1.165) is 19.3 Å². The maximum absolute atomic E-state index is 12.6. The van der Waals surface area contributed by atoms with Crippen molar-refractivity contribution in [3.8, 4) is 0 Å². The average Bonchev–Trinajstić information content (AvgIpc) is 3.06. The Balaban J connectivity index is 1.47. The second-order valence-corrected chi connectivity index (χ2v) is 7.49. The van der Waals surface area contributed by atoms with Crippen LogP contribution in [0.3, 0.4) is 0 Å². The van der Waals surface area contributed by atoms with Gasteiger partial charge in [-0.2, -0.15) is 5.10 Å². The topological polar surface area (TPSA) is 59.3 Å². The number of fused-ring (bicyclic) bond motifs is 3. The standard InChI is InChI=1S/C20H26N4O/c1-14-7-8-18-16(11-14)12-22-19-17(13-23-24(18)19)20(25)21-10-9-15-5-3-2-4-6-15/h5,12-14H,2-4,6-11H2,1H3,(H,21,25). The Hall–Kier alpha value is -2.17. The molecule has 25 heavy (non-hydrogen) atoms. The monoisotopic (exact) mass is 338 g/mol. The first kappa shape index (κ1) is 16.3. The molecule has 2 aromatic rings. The molecule has 0 aromatic carbocycles. The zero-order valence-electron chi connectivity index (χ0n) is 14.9. The average molecular weight is 338 g/mol. The minimum absolute atomic E-state index is 0.0666. The fraction of sp³-hybridized carbons (Fsp3) is 0.550. The Morgan fingerprint density at radius 3 is 3.08 bits per heavy atom. The van der Waals surface area contributed by atoms with Crippen LogP contribution in [0.2, 0.25) is 0 Å². The Bertz CT molecular complexity index is 820. The highest BCUT2D eigenvalue weighted by molar-refractivity contribution is 5.99. The highest BCUT2D eigenvalue weighted by Gasteiger charge is 2.22. The summed E-state index contributed by atoms with van der Waals surface area (Å²) in [6.07, 6.45) is 15.1. The van der Waals surface area contributed by atoms with Crippen molar-refractivity contribution in [1.82, 2.24) is 19.9 Å². The van der Waals surface area contributed by atoms with Crippen LogP contribution < -0.4 is 5.32 Å². The third-order valence-electron chi connectivity index (χ3n) is 5.52. The summed E-state index contributed by atoms with van der Waals surface area (Å²) in [4.78, 5) is 17.1. The number of hydrogen-bond donors (Lipinski definition) is 1. The lowest BCUT2D eigenvalue weighted by atomic mass is 9.89. The van der Waals surface area contributed by atoms with Gasteiger partial charge in [0, 0.05) is 18.4 Å². The second-order valence-electron chi connectivity index (χ2n) is 7.49. The van der Waals surface area contributed by atoms with Crippen LogP contribution in [0.4, 0.5) is 0 Å². The van der Waals surface area contributed by atoms with Crippen LogP contribution in [-0.4, -0.2) is 27.0 Å². The molecule has 2 aliphatic carbocycles. The highest BCUT2D eigenvalue weighted by Crippen LogP contribution is 2.26. The summed E-state index contributed by atoms with van der Waals surface area (Å²) in [7, 11) is 0. The molecule has 1 unspecified atom stereocenters. The SMILES string of the molecule is CC1CCc2c(cnc3c(C(=O)NCCC4=CCCCC4)cnn23)C1. The second kappa shape index (κ2) is 6.98. The summed E-state index contributed by atoms with van der Waals surface area (Å²) in [6, 6.07) is 0. The Morgan fingerprint density at radius 2 is 2.24 bits per heavy atom. The number of carbonyl (C=O) groups is 1. The fourth-order valence-electron chi connectivity index (χ4n) is 4.03. The minimum atomic E-state index is -0.0666. The van der Waals surface area contributed by atoms with Crippen LogP contribution in [0, 0.1) is 5.92 Å². The molecule has 2 heterocycles. The van der Waals surface area contributed by atoms with Gasteiger partial charge in [-0.3, -0.25) is 4.79 Å². The summed E-state index contributed by atoms with van der Waals surface area (Å²) in [5.74, 6) is 0.627. The van der Waals surface area contributed by atoms with E-state index >= 15 is 0 Å². The van der Waals surface area contributed by atoms with E-state index < -0.39 is 0 Å². The molecule has 2 aromatic heterocycles. The number of allylic oxidation sites excluding steroid dienone is 1. The normalized spacial score (nSPS) is 20.2. The first-order valence-corrected chi connectivity index (χ1v) is 9.53. The molecule has 0 bridgehead atoms. The van der Waals surface area contributed by atoms with Gasteiger partial charge < -0.3 is 5.32 Å². The molecule has 1 atom stereocenters. The number of amides is 1. The van der Waals surface area contributed by atoms with Crippen molar-refractivity contribution < 1.29 is 4.79 Å². The minimum Gasteiger partial charge on any atom is -0.352 e. The van der Waals surface area contributed by atoms with Crippen molar-refractivity contribution in [2.45, 2.75) is 58.3 Å². The van der Waals surface area contributed by atoms with Crippen molar-refractivity contribution in [3.63, 3.8) is 0 Å². The predicted octanol–water partition coefficient (Wildman–Crippen LogP) is 3.47. The highest BCUT2D eigenvalue weighted by atomic mass is 16.1. The van der Waals surface area contributed by atoms with Crippen LogP contribution in [0.15, 0.2) is 24.0 Å². The van der Waals surface area contributed by atoms with Crippen molar-refractivity contribution in [2.75, 3.05) is 6.54 Å². The number of nitrogens with one attached hydrogen (secondary N) is 1. The Kier molecular flexibility index (Phi) is 4.55. The summed E-state index contributed by atoms with van der Waals surface area (Å²) < 4.78 is 1.87. The van der Waals surface area contributed by atoms with E-state index in [4.69, 9.17) is 0 Å². The number of rotatable bonds is 4. The van der Waals surface area contributed by atoms with Gasteiger partial charge >= 0.3 is 0 Å². The molecular weight excluding hydrogens is 312 g/mol. The molecule has 132 valence electrons. The lowest BCUT2D eigenvalue weighted by molar-refractivity contribution is 0.0955. The third-order valence-corrected chi connectivity index (χ3v) is 5.52. The van der Waals surface area contributed by atoms with Gasteiger partial charge in [0.15, 0.2) is 5.65 Å². The van der Waals surface area contributed by atoms with Gasteiger partial charge in [-0.15, -0.1) is 0 Å². The fourth-order valence-corrected chi connectivity index (χ4v) is 4.03. The van der Waals surface area contributed by atoms with Crippen molar-refractivity contribution >= 4 is 11.6 Å². The van der Waals surface area contributed by atoms with Crippen LogP contribution in [0.1, 0.15) is 67.1 Å². The van der Waals surface area contributed by atoms with E-state index in [9.17, 15) is 4.79 Å². The molecule has 0 spiro atoms. The molecule has 0 saturated carbocycles. The van der Waals surface area contributed by atoms with Crippen LogP contribution in [0.25, 0.3) is 5.65 Å². The zero-order chi connectivity index (χ0) is 17.2. The molecule has 5 heteroatoms. The Morgan fingerprint density at radius 1 is 1.32 bits per heavy atom. The van der Waals surface area contributed by atoms with E-state index in [2.05, 4.69) is 28.4 Å². The van der Waals surface area contributed by atoms with Gasteiger partial charge in [-0.25, -0.2) is 9.50 Å². The molecule has 4 rings (SSSR count). The molecular formula is C20H26N4O. The number of aromatic nitrogens is 3. The molecule has 2 aliphatic rings. The summed E-state index contributed by atoms with van der Waals surface area (Å²) in [5.41, 5.74) is 5.23. The van der Waals surface area contributed by atoms with Gasteiger partial charge in [-0.05, 0) is 62.8 Å². The van der Waals surface area contributed by atoms with E-state index in [1.54, 1.807) is 6.20 Å². The van der Waals surface area contributed by atoms with Gasteiger partial charge in [-0.1, -0.05) is 18.6 Å². The molecule has 0 fully saturated rings. The first-order chi connectivity index (χ1) is 12.2. The predicted molar refractivity (Wildman–Crippen MR) is 97.7 cm³/mol. The van der Waals surface area contributed by atoms with Crippen LogP contribution in [0.5, 0.6) is 0 Å². The zero-order valence-corrected chi connectivity index (χ0v) is 14.9. The van der Waals surface area contributed by atoms with Gasteiger partial charge in [0.2, 0.25) is 0 Å². The lowest BCUT2D eigenvalue weighted by Crippen LogP contribution is -2.25. The van der Waals surface area contributed by atoms with E-state index in [0.29, 0.717) is 23.7 Å².